The lowest BCUT2D eigenvalue weighted by atomic mass is 9.93. The highest BCUT2D eigenvalue weighted by Crippen LogP contribution is 2.37. The molecule has 1 atom stereocenters. The van der Waals surface area contributed by atoms with E-state index in [4.69, 9.17) is 0 Å². The molecule has 0 bridgehead atoms. The fourth-order valence-electron chi connectivity index (χ4n) is 3.62. The molecule has 0 spiro atoms. The van der Waals surface area contributed by atoms with Crippen molar-refractivity contribution in [3.05, 3.63) is 82.0 Å². The minimum Gasteiger partial charge on any atom is -0.325 e. The summed E-state index contributed by atoms with van der Waals surface area (Å²) in [6, 6.07) is 20.8. The molecular weight excluding hydrogens is 372 g/mol. The molecular formula is C22H22N2OS2. The normalized spacial score (nSPS) is 16.7. The number of carbonyl (C=O) groups is 1. The highest BCUT2D eigenvalue weighted by Gasteiger charge is 2.30. The number of rotatable bonds is 5. The number of hydrogen-bond donors (Lipinski definition) is 1. The monoisotopic (exact) mass is 394 g/mol. The number of thiophene rings is 1. The van der Waals surface area contributed by atoms with Gasteiger partial charge in [0.2, 0.25) is 5.91 Å². The quantitative estimate of drug-likeness (QED) is 0.614. The number of hydrogen-bond acceptors (Lipinski definition) is 4. The van der Waals surface area contributed by atoms with Gasteiger partial charge >= 0.3 is 0 Å². The predicted octanol–water partition coefficient (Wildman–Crippen LogP) is 5.06. The smallest absolute Gasteiger partial charge is 0.238 e. The summed E-state index contributed by atoms with van der Waals surface area (Å²) in [5.41, 5.74) is 3.44. The maximum absolute atomic E-state index is 12.7. The first kappa shape index (κ1) is 18.3. The fourth-order valence-corrected chi connectivity index (χ4v) is 4.94. The number of fused-ring (bicyclic) bond motifs is 1. The van der Waals surface area contributed by atoms with Gasteiger partial charge in [-0.2, -0.15) is 0 Å². The van der Waals surface area contributed by atoms with Crippen LogP contribution in [0.5, 0.6) is 0 Å². The van der Waals surface area contributed by atoms with E-state index in [1.54, 1.807) is 11.8 Å². The first-order valence-corrected chi connectivity index (χ1v) is 11.1. The van der Waals surface area contributed by atoms with Gasteiger partial charge in [-0.3, -0.25) is 9.69 Å². The van der Waals surface area contributed by atoms with Crippen LogP contribution in [0.3, 0.4) is 0 Å². The van der Waals surface area contributed by atoms with Gasteiger partial charge in [-0.15, -0.1) is 23.1 Å². The van der Waals surface area contributed by atoms with Crippen molar-refractivity contribution in [2.24, 2.45) is 0 Å². The third kappa shape index (κ3) is 4.10. The molecule has 1 aromatic heterocycles. The molecule has 3 nitrogen and oxygen atoms in total. The van der Waals surface area contributed by atoms with Crippen LogP contribution >= 0.6 is 23.1 Å². The summed E-state index contributed by atoms with van der Waals surface area (Å²) in [6.07, 6.45) is 3.05. The van der Waals surface area contributed by atoms with Gasteiger partial charge < -0.3 is 5.32 Å². The Hall–Kier alpha value is -2.08. The molecule has 0 saturated heterocycles. The molecule has 2 heterocycles. The minimum atomic E-state index is 0.0338. The molecule has 0 fully saturated rings. The van der Waals surface area contributed by atoms with Gasteiger partial charge in [0, 0.05) is 22.0 Å². The van der Waals surface area contributed by atoms with Gasteiger partial charge in [0.1, 0.15) is 0 Å². The van der Waals surface area contributed by atoms with Gasteiger partial charge in [0.05, 0.1) is 12.6 Å². The number of amides is 1. The second-order valence-electron chi connectivity index (χ2n) is 6.61. The van der Waals surface area contributed by atoms with Gasteiger partial charge in [0.25, 0.3) is 0 Å². The molecule has 0 saturated carbocycles. The fraction of sp³-hybridized carbons (Fsp3) is 0.227. The Balaban J connectivity index is 1.52. The zero-order valence-corrected chi connectivity index (χ0v) is 16.9. The maximum Gasteiger partial charge on any atom is 0.238 e. The van der Waals surface area contributed by atoms with E-state index in [-0.39, 0.29) is 11.9 Å². The first-order chi connectivity index (χ1) is 13.2. The second kappa shape index (κ2) is 8.30. The van der Waals surface area contributed by atoms with Crippen molar-refractivity contribution in [3.63, 3.8) is 0 Å². The van der Waals surface area contributed by atoms with Crippen molar-refractivity contribution in [1.29, 1.82) is 0 Å². The summed E-state index contributed by atoms with van der Waals surface area (Å²) < 4.78 is 0. The van der Waals surface area contributed by atoms with Gasteiger partial charge in [-0.1, -0.05) is 30.3 Å². The van der Waals surface area contributed by atoms with Crippen molar-refractivity contribution in [3.8, 4) is 0 Å². The summed E-state index contributed by atoms with van der Waals surface area (Å²) in [7, 11) is 0. The average Bonchev–Trinajstić information content (AvgIpc) is 3.18. The van der Waals surface area contributed by atoms with E-state index < -0.39 is 0 Å². The molecule has 1 amide bonds. The summed E-state index contributed by atoms with van der Waals surface area (Å²) >= 11 is 3.52. The molecule has 138 valence electrons. The van der Waals surface area contributed by atoms with E-state index in [0.717, 1.165) is 18.7 Å². The van der Waals surface area contributed by atoms with Crippen molar-refractivity contribution in [2.75, 3.05) is 24.7 Å². The highest BCUT2D eigenvalue weighted by molar-refractivity contribution is 7.98. The molecule has 0 radical (unpaired) electrons. The van der Waals surface area contributed by atoms with Crippen LogP contribution in [0.25, 0.3) is 0 Å². The molecule has 2 aromatic carbocycles. The third-order valence-corrected chi connectivity index (χ3v) is 6.64. The number of anilines is 1. The van der Waals surface area contributed by atoms with E-state index in [2.05, 4.69) is 45.9 Å². The lowest BCUT2D eigenvalue weighted by Crippen LogP contribution is -2.40. The maximum atomic E-state index is 12.7. The largest absolute Gasteiger partial charge is 0.325 e. The number of carbonyl (C=O) groups excluding carboxylic acids is 1. The lowest BCUT2D eigenvalue weighted by Gasteiger charge is -2.35. The SMILES string of the molecule is CSc1ccc(NC(=O)CN2CCc3sccc3[C@H]2c2ccccc2)cc1. The van der Waals surface area contributed by atoms with Gasteiger partial charge in [-0.25, -0.2) is 0 Å². The molecule has 1 aliphatic rings. The van der Waals surface area contributed by atoms with Gasteiger partial charge in [-0.05, 0) is 59.5 Å². The molecule has 1 N–H and O–H groups in total. The van der Waals surface area contributed by atoms with E-state index in [1.165, 1.54) is 20.9 Å². The van der Waals surface area contributed by atoms with Gasteiger partial charge in [0.15, 0.2) is 0 Å². The Labute approximate surface area is 168 Å². The topological polar surface area (TPSA) is 32.3 Å². The van der Waals surface area contributed by atoms with E-state index >= 15 is 0 Å². The Morgan fingerprint density at radius 3 is 2.67 bits per heavy atom. The Morgan fingerprint density at radius 2 is 1.93 bits per heavy atom. The third-order valence-electron chi connectivity index (χ3n) is 4.90. The molecule has 4 rings (SSSR count). The molecule has 0 unspecified atom stereocenters. The highest BCUT2D eigenvalue weighted by atomic mass is 32.2. The summed E-state index contributed by atoms with van der Waals surface area (Å²) in [5.74, 6) is 0.0338. The molecule has 1 aliphatic heterocycles. The molecule has 0 aliphatic carbocycles. The number of thioether (sulfide) groups is 1. The van der Waals surface area contributed by atoms with Crippen LogP contribution in [0.2, 0.25) is 0 Å². The summed E-state index contributed by atoms with van der Waals surface area (Å²) in [4.78, 5) is 17.6. The van der Waals surface area contributed by atoms with Crippen LogP contribution in [0, 0.1) is 0 Å². The number of nitrogens with one attached hydrogen (secondary N) is 1. The van der Waals surface area contributed by atoms with Crippen molar-refractivity contribution >= 4 is 34.7 Å². The zero-order valence-electron chi connectivity index (χ0n) is 15.2. The first-order valence-electron chi connectivity index (χ1n) is 9.04. The van der Waals surface area contributed by atoms with Crippen LogP contribution in [0.1, 0.15) is 22.0 Å². The lowest BCUT2D eigenvalue weighted by molar-refractivity contribution is -0.117. The Bertz CT molecular complexity index is 906. The van der Waals surface area contributed by atoms with E-state index in [0.29, 0.717) is 6.54 Å². The average molecular weight is 395 g/mol. The summed E-state index contributed by atoms with van der Waals surface area (Å²) in [5, 5.41) is 5.21. The van der Waals surface area contributed by atoms with E-state index in [1.807, 2.05) is 47.9 Å². The molecule has 27 heavy (non-hydrogen) atoms. The summed E-state index contributed by atoms with van der Waals surface area (Å²) in [6.45, 7) is 1.28. The van der Waals surface area contributed by atoms with Crippen LogP contribution in [0.15, 0.2) is 70.9 Å². The van der Waals surface area contributed by atoms with Crippen LogP contribution < -0.4 is 5.32 Å². The minimum absolute atomic E-state index is 0.0338. The van der Waals surface area contributed by atoms with Crippen molar-refractivity contribution in [1.82, 2.24) is 4.90 Å². The van der Waals surface area contributed by atoms with Crippen molar-refractivity contribution in [2.45, 2.75) is 17.4 Å². The zero-order chi connectivity index (χ0) is 18.6. The van der Waals surface area contributed by atoms with Crippen LogP contribution in [-0.2, 0) is 11.2 Å². The van der Waals surface area contributed by atoms with Crippen molar-refractivity contribution < 1.29 is 4.79 Å². The number of benzene rings is 2. The van der Waals surface area contributed by atoms with Crippen LogP contribution in [0.4, 0.5) is 5.69 Å². The standard InChI is InChI=1S/C22H22N2OS2/c1-26-18-9-7-17(8-10-18)23-21(25)15-24-13-11-20-19(12-14-27-20)22(24)16-5-3-2-4-6-16/h2-10,12,14,22H,11,13,15H2,1H3,(H,23,25)/t22-/m1/s1. The predicted molar refractivity (Wildman–Crippen MR) is 115 cm³/mol. The number of nitrogens with zero attached hydrogens (tertiary/aromatic N) is 1. The van der Waals surface area contributed by atoms with E-state index in [9.17, 15) is 4.79 Å². The molecule has 3 aromatic rings. The Morgan fingerprint density at radius 1 is 1.15 bits per heavy atom. The van der Waals surface area contributed by atoms with Crippen LogP contribution in [-0.4, -0.2) is 30.2 Å². The Kier molecular flexibility index (Phi) is 5.62. The second-order valence-corrected chi connectivity index (χ2v) is 8.49. The molecule has 5 heteroatoms.